The van der Waals surface area contributed by atoms with Gasteiger partial charge in [0.05, 0.1) is 16.7 Å². The first kappa shape index (κ1) is 16.4. The fourth-order valence-electron chi connectivity index (χ4n) is 1.77. The summed E-state index contributed by atoms with van der Waals surface area (Å²) in [6, 6.07) is 9.69. The van der Waals surface area contributed by atoms with Crippen molar-refractivity contribution >= 4 is 29.2 Å². The summed E-state index contributed by atoms with van der Waals surface area (Å²) < 4.78 is 5.55. The Morgan fingerprint density at radius 1 is 1.39 bits per heavy atom. The fraction of sp³-hybridized carbons (Fsp3) is 0.0667. The predicted molar refractivity (Wildman–Crippen MR) is 92.3 cm³/mol. The number of nitrogens with one attached hydrogen (secondary N) is 2. The van der Waals surface area contributed by atoms with E-state index in [1.807, 2.05) is 0 Å². The molecule has 0 atom stereocenters. The van der Waals surface area contributed by atoms with Crippen LogP contribution in [0.1, 0.15) is 5.76 Å². The number of nitro benzene ring substituents is 1. The lowest BCUT2D eigenvalue weighted by atomic mass is 10.1. The molecule has 0 radical (unpaired) electrons. The van der Waals surface area contributed by atoms with Crippen molar-refractivity contribution in [3.8, 4) is 11.3 Å². The first-order valence-electron chi connectivity index (χ1n) is 6.63. The van der Waals surface area contributed by atoms with Gasteiger partial charge in [0, 0.05) is 12.6 Å². The average molecular weight is 330 g/mol. The topological polar surface area (TPSA) is 92.7 Å². The minimum absolute atomic E-state index is 0.0155. The van der Waals surface area contributed by atoms with Gasteiger partial charge in [0.15, 0.2) is 5.11 Å². The molecule has 2 rings (SSSR count). The van der Waals surface area contributed by atoms with Gasteiger partial charge in [-0.05, 0) is 30.4 Å². The summed E-state index contributed by atoms with van der Waals surface area (Å²) in [5, 5.41) is 18.2. The lowest BCUT2D eigenvalue weighted by molar-refractivity contribution is -0.384. The second-order valence-corrected chi connectivity index (χ2v) is 4.75. The molecule has 23 heavy (non-hydrogen) atoms. The van der Waals surface area contributed by atoms with Gasteiger partial charge in [-0.1, -0.05) is 18.2 Å². The average Bonchev–Trinajstić information content (AvgIpc) is 3.01. The molecule has 0 bridgehead atoms. The van der Waals surface area contributed by atoms with Gasteiger partial charge in [0.1, 0.15) is 11.5 Å². The van der Waals surface area contributed by atoms with Gasteiger partial charge in [-0.15, -0.1) is 6.58 Å². The highest BCUT2D eigenvalue weighted by atomic mass is 32.1. The van der Waals surface area contributed by atoms with Crippen molar-refractivity contribution in [2.24, 2.45) is 5.10 Å². The molecule has 7 nitrogen and oxygen atoms in total. The molecule has 0 spiro atoms. The van der Waals surface area contributed by atoms with E-state index in [0.29, 0.717) is 28.7 Å². The van der Waals surface area contributed by atoms with Crippen LogP contribution >= 0.6 is 12.2 Å². The van der Waals surface area contributed by atoms with Gasteiger partial charge in [-0.2, -0.15) is 5.10 Å². The summed E-state index contributed by atoms with van der Waals surface area (Å²) in [7, 11) is 0. The zero-order chi connectivity index (χ0) is 16.7. The summed E-state index contributed by atoms with van der Waals surface area (Å²) in [5.74, 6) is 0.836. The normalized spacial score (nSPS) is 10.4. The Balaban J connectivity index is 2.08. The van der Waals surface area contributed by atoms with Crippen molar-refractivity contribution in [3.63, 3.8) is 0 Å². The van der Waals surface area contributed by atoms with E-state index in [2.05, 4.69) is 22.4 Å². The van der Waals surface area contributed by atoms with E-state index in [-0.39, 0.29) is 5.69 Å². The lowest BCUT2D eigenvalue weighted by Crippen LogP contribution is -2.31. The molecular formula is C15H14N4O3S. The van der Waals surface area contributed by atoms with E-state index >= 15 is 0 Å². The van der Waals surface area contributed by atoms with Crippen LogP contribution in [0.3, 0.4) is 0 Å². The molecule has 0 amide bonds. The van der Waals surface area contributed by atoms with Crippen molar-refractivity contribution in [2.45, 2.75) is 0 Å². The number of hydrogen-bond acceptors (Lipinski definition) is 5. The number of benzene rings is 1. The number of nitro groups is 1. The van der Waals surface area contributed by atoms with Gasteiger partial charge >= 0.3 is 0 Å². The van der Waals surface area contributed by atoms with Crippen molar-refractivity contribution in [1.82, 2.24) is 10.7 Å². The standard InChI is InChI=1S/C15H14N4O3S/c1-2-9-16-15(23)18-17-10-11-7-8-14(22-11)12-5-3-4-6-13(12)19(20)21/h2-8,10H,1,9H2,(H2,16,18,23). The first-order valence-corrected chi connectivity index (χ1v) is 7.04. The Kier molecular flexibility index (Phi) is 5.59. The van der Waals surface area contributed by atoms with Crippen LogP contribution in [-0.2, 0) is 0 Å². The SMILES string of the molecule is C=CCNC(=S)NN=Cc1ccc(-c2ccccc2[N+](=O)[O-])o1. The molecular weight excluding hydrogens is 316 g/mol. The highest BCUT2D eigenvalue weighted by molar-refractivity contribution is 7.80. The zero-order valence-electron chi connectivity index (χ0n) is 12.1. The second kappa shape index (κ2) is 7.85. The molecule has 8 heteroatoms. The third-order valence-corrected chi connectivity index (χ3v) is 2.99. The lowest BCUT2D eigenvalue weighted by Gasteiger charge is -2.02. The number of rotatable bonds is 6. The van der Waals surface area contributed by atoms with Crippen molar-refractivity contribution < 1.29 is 9.34 Å². The molecule has 0 aliphatic rings. The van der Waals surface area contributed by atoms with Crippen LogP contribution in [0.5, 0.6) is 0 Å². The number of thiocarbonyl (C=S) groups is 1. The van der Waals surface area contributed by atoms with E-state index in [4.69, 9.17) is 16.6 Å². The van der Waals surface area contributed by atoms with Crippen LogP contribution in [0.4, 0.5) is 5.69 Å². The largest absolute Gasteiger partial charge is 0.455 e. The Morgan fingerprint density at radius 3 is 2.91 bits per heavy atom. The summed E-state index contributed by atoms with van der Waals surface area (Å²) >= 11 is 4.97. The second-order valence-electron chi connectivity index (χ2n) is 4.34. The quantitative estimate of drug-likeness (QED) is 0.278. The van der Waals surface area contributed by atoms with Crippen molar-refractivity contribution in [1.29, 1.82) is 0 Å². The molecule has 0 aliphatic heterocycles. The maximum atomic E-state index is 11.0. The van der Waals surface area contributed by atoms with Crippen LogP contribution in [0.2, 0.25) is 0 Å². The molecule has 1 aromatic carbocycles. The molecule has 0 unspecified atom stereocenters. The number of nitrogens with zero attached hydrogens (tertiary/aromatic N) is 2. The van der Waals surface area contributed by atoms with Crippen LogP contribution in [0.15, 0.2) is 58.6 Å². The van der Waals surface area contributed by atoms with Gasteiger partial charge < -0.3 is 9.73 Å². The first-order chi connectivity index (χ1) is 11.1. The van der Waals surface area contributed by atoms with E-state index < -0.39 is 4.92 Å². The fourth-order valence-corrected chi connectivity index (χ4v) is 1.90. The number of hydrogen-bond donors (Lipinski definition) is 2. The molecule has 2 N–H and O–H groups in total. The Morgan fingerprint density at radius 2 is 2.17 bits per heavy atom. The Bertz CT molecular complexity index is 755. The van der Waals surface area contributed by atoms with E-state index in [1.54, 1.807) is 36.4 Å². The molecule has 1 aromatic heterocycles. The van der Waals surface area contributed by atoms with E-state index in [1.165, 1.54) is 12.3 Å². The predicted octanol–water partition coefficient (Wildman–Crippen LogP) is 2.84. The maximum absolute atomic E-state index is 11.0. The van der Waals surface area contributed by atoms with Crippen LogP contribution in [0, 0.1) is 10.1 Å². The van der Waals surface area contributed by atoms with E-state index in [9.17, 15) is 10.1 Å². The monoisotopic (exact) mass is 330 g/mol. The third kappa shape index (κ3) is 4.48. The van der Waals surface area contributed by atoms with Crippen LogP contribution in [-0.4, -0.2) is 22.8 Å². The number of hydrazone groups is 1. The molecule has 0 fully saturated rings. The van der Waals surface area contributed by atoms with Gasteiger partial charge in [0.25, 0.3) is 5.69 Å². The highest BCUT2D eigenvalue weighted by Crippen LogP contribution is 2.30. The van der Waals surface area contributed by atoms with Crippen molar-refractivity contribution in [2.75, 3.05) is 6.54 Å². The minimum atomic E-state index is -0.448. The molecule has 0 aliphatic carbocycles. The Labute approximate surface area is 137 Å². The summed E-state index contributed by atoms with van der Waals surface area (Å²) in [5.41, 5.74) is 3.01. The molecule has 1 heterocycles. The Hall–Kier alpha value is -3.00. The van der Waals surface area contributed by atoms with Gasteiger partial charge in [0.2, 0.25) is 0 Å². The van der Waals surface area contributed by atoms with Crippen LogP contribution < -0.4 is 10.7 Å². The summed E-state index contributed by atoms with van der Waals surface area (Å²) in [6.07, 6.45) is 3.10. The van der Waals surface area contributed by atoms with E-state index in [0.717, 1.165) is 0 Å². The third-order valence-electron chi connectivity index (χ3n) is 2.76. The zero-order valence-corrected chi connectivity index (χ0v) is 12.9. The summed E-state index contributed by atoms with van der Waals surface area (Å²) in [4.78, 5) is 10.6. The number of para-hydroxylation sites is 1. The van der Waals surface area contributed by atoms with Gasteiger partial charge in [-0.3, -0.25) is 15.5 Å². The molecule has 118 valence electrons. The highest BCUT2D eigenvalue weighted by Gasteiger charge is 2.16. The van der Waals surface area contributed by atoms with Gasteiger partial charge in [-0.25, -0.2) is 0 Å². The van der Waals surface area contributed by atoms with Crippen molar-refractivity contribution in [3.05, 3.63) is 64.9 Å². The van der Waals surface area contributed by atoms with Crippen LogP contribution in [0.25, 0.3) is 11.3 Å². The smallest absolute Gasteiger partial charge is 0.280 e. The maximum Gasteiger partial charge on any atom is 0.280 e. The molecule has 0 saturated heterocycles. The summed E-state index contributed by atoms with van der Waals surface area (Å²) in [6.45, 7) is 4.09. The molecule has 2 aromatic rings. The number of furan rings is 1. The molecule has 0 saturated carbocycles. The minimum Gasteiger partial charge on any atom is -0.455 e.